The molecule has 1 aromatic heterocycles. The highest BCUT2D eigenvalue weighted by molar-refractivity contribution is 5.88. The number of ether oxygens (including phenoxy) is 1. The lowest BCUT2D eigenvalue weighted by Crippen LogP contribution is -2.49. The van der Waals surface area contributed by atoms with E-state index in [1.807, 2.05) is 36.5 Å². The molecular formula is C24H26ClFN2O2. The summed E-state index contributed by atoms with van der Waals surface area (Å²) in [5.41, 5.74) is 4.33. The van der Waals surface area contributed by atoms with E-state index in [-0.39, 0.29) is 24.9 Å². The van der Waals surface area contributed by atoms with Gasteiger partial charge in [-0.3, -0.25) is 9.78 Å². The molecule has 158 valence electrons. The Kier molecular flexibility index (Phi) is 6.93. The molecule has 1 saturated heterocycles. The van der Waals surface area contributed by atoms with E-state index >= 15 is 0 Å². The number of carbonyl (C=O) groups excluding carboxylic acids is 1. The summed E-state index contributed by atoms with van der Waals surface area (Å²) in [4.78, 5) is 17.9. The number of rotatable bonds is 4. The summed E-state index contributed by atoms with van der Waals surface area (Å²) in [5.74, 6) is 0.643. The zero-order valence-electron chi connectivity index (χ0n) is 17.2. The molecule has 2 aromatic carbocycles. The van der Waals surface area contributed by atoms with Gasteiger partial charge in [0.15, 0.2) is 6.17 Å². The third kappa shape index (κ3) is 4.41. The minimum atomic E-state index is -1.17. The third-order valence-electron chi connectivity index (χ3n) is 5.62. The lowest BCUT2D eigenvalue weighted by atomic mass is 9.98. The first kappa shape index (κ1) is 22.0. The van der Waals surface area contributed by atoms with Crippen molar-refractivity contribution >= 4 is 29.2 Å². The summed E-state index contributed by atoms with van der Waals surface area (Å²) in [6, 6.07) is 15.9. The van der Waals surface area contributed by atoms with Crippen LogP contribution < -0.4 is 4.74 Å². The molecule has 0 radical (unpaired) electrons. The van der Waals surface area contributed by atoms with Gasteiger partial charge in [-0.2, -0.15) is 0 Å². The topological polar surface area (TPSA) is 42.4 Å². The van der Waals surface area contributed by atoms with Crippen LogP contribution in [0.3, 0.4) is 0 Å². The molecule has 0 aliphatic carbocycles. The molecule has 0 spiro atoms. The molecule has 2 heterocycles. The molecule has 1 aliphatic rings. The van der Waals surface area contributed by atoms with E-state index in [9.17, 15) is 9.18 Å². The molecule has 1 fully saturated rings. The molecule has 0 saturated carbocycles. The van der Waals surface area contributed by atoms with Crippen LogP contribution in [0, 0.1) is 6.92 Å². The van der Waals surface area contributed by atoms with Crippen molar-refractivity contribution in [2.45, 2.75) is 39.0 Å². The number of hydrogen-bond acceptors (Lipinski definition) is 3. The Bertz CT molecular complexity index is 1030. The zero-order valence-corrected chi connectivity index (χ0v) is 18.0. The summed E-state index contributed by atoms with van der Waals surface area (Å²) < 4.78 is 20.4. The number of amides is 1. The van der Waals surface area contributed by atoms with Crippen LogP contribution in [0.2, 0.25) is 0 Å². The first-order valence-electron chi connectivity index (χ1n) is 10.1. The second-order valence-corrected chi connectivity index (χ2v) is 7.49. The molecule has 0 unspecified atom stereocenters. The maximum absolute atomic E-state index is 14.5. The van der Waals surface area contributed by atoms with Gasteiger partial charge in [0.2, 0.25) is 5.91 Å². The van der Waals surface area contributed by atoms with Gasteiger partial charge >= 0.3 is 0 Å². The highest BCUT2D eigenvalue weighted by Crippen LogP contribution is 2.30. The summed E-state index contributed by atoms with van der Waals surface area (Å²) >= 11 is 0. The number of piperidine rings is 1. The average Bonchev–Trinajstić information content (AvgIpc) is 2.76. The Hall–Kier alpha value is -2.66. The number of halogens is 2. The number of fused-ring (bicyclic) bond motifs is 1. The van der Waals surface area contributed by atoms with Crippen molar-refractivity contribution in [2.24, 2.45) is 0 Å². The van der Waals surface area contributed by atoms with Gasteiger partial charge in [-0.15, -0.1) is 12.4 Å². The number of pyridine rings is 1. The Morgan fingerprint density at radius 2 is 1.97 bits per heavy atom. The molecule has 30 heavy (non-hydrogen) atoms. The van der Waals surface area contributed by atoms with Crippen molar-refractivity contribution in [3.63, 3.8) is 0 Å². The molecular weight excluding hydrogens is 403 g/mol. The van der Waals surface area contributed by atoms with Crippen molar-refractivity contribution in [3.05, 3.63) is 60.3 Å². The smallest absolute Gasteiger partial charge is 0.222 e. The van der Waals surface area contributed by atoms with E-state index in [1.165, 1.54) is 0 Å². The minimum Gasteiger partial charge on any atom is -0.487 e. The minimum absolute atomic E-state index is 0. The predicted molar refractivity (Wildman–Crippen MR) is 120 cm³/mol. The van der Waals surface area contributed by atoms with Crippen LogP contribution in [0.4, 0.5) is 4.39 Å². The number of hydrogen-bond donors (Lipinski definition) is 0. The van der Waals surface area contributed by atoms with Crippen LogP contribution >= 0.6 is 12.4 Å². The van der Waals surface area contributed by atoms with Crippen LogP contribution in [-0.2, 0) is 4.79 Å². The summed E-state index contributed by atoms with van der Waals surface area (Å²) in [6.07, 6.45) is 1.03. The molecule has 1 amide bonds. The SMILES string of the molecule is CCC(=O)N1CC[C@@H](Oc2ccc(-c3ccc4cccnc4c3C)cc2)[C@H](F)C1.Cl. The van der Waals surface area contributed by atoms with Gasteiger partial charge < -0.3 is 9.64 Å². The molecule has 3 aromatic rings. The molecule has 4 rings (SSSR count). The number of alkyl halides is 1. The average molecular weight is 429 g/mol. The first-order valence-corrected chi connectivity index (χ1v) is 10.1. The van der Waals surface area contributed by atoms with Gasteiger partial charge in [0.25, 0.3) is 0 Å². The highest BCUT2D eigenvalue weighted by atomic mass is 35.5. The number of likely N-dealkylation sites (tertiary alicyclic amines) is 1. The molecule has 0 N–H and O–H groups in total. The first-order chi connectivity index (χ1) is 14.1. The number of aromatic nitrogens is 1. The number of benzene rings is 2. The highest BCUT2D eigenvalue weighted by Gasteiger charge is 2.32. The fraction of sp³-hybridized carbons (Fsp3) is 0.333. The van der Waals surface area contributed by atoms with Crippen LogP contribution in [0.1, 0.15) is 25.3 Å². The van der Waals surface area contributed by atoms with Crippen LogP contribution in [-0.4, -0.2) is 41.2 Å². The zero-order chi connectivity index (χ0) is 20.4. The lowest BCUT2D eigenvalue weighted by molar-refractivity contribution is -0.134. The second-order valence-electron chi connectivity index (χ2n) is 7.49. The Balaban J connectivity index is 0.00000256. The summed E-state index contributed by atoms with van der Waals surface area (Å²) in [5, 5.41) is 1.12. The van der Waals surface area contributed by atoms with Gasteiger partial charge in [0, 0.05) is 31.0 Å². The van der Waals surface area contributed by atoms with E-state index in [4.69, 9.17) is 4.74 Å². The number of carbonyl (C=O) groups is 1. The van der Waals surface area contributed by atoms with E-state index in [0.29, 0.717) is 25.1 Å². The van der Waals surface area contributed by atoms with E-state index in [2.05, 4.69) is 30.1 Å². The molecule has 4 nitrogen and oxygen atoms in total. The predicted octanol–water partition coefficient (Wildman–Crippen LogP) is 5.36. The molecule has 1 aliphatic heterocycles. The maximum Gasteiger partial charge on any atom is 0.222 e. The quantitative estimate of drug-likeness (QED) is 0.561. The molecule has 6 heteroatoms. The second kappa shape index (κ2) is 9.43. The summed E-state index contributed by atoms with van der Waals surface area (Å²) in [7, 11) is 0. The van der Waals surface area contributed by atoms with Crippen molar-refractivity contribution in [1.82, 2.24) is 9.88 Å². The van der Waals surface area contributed by atoms with Gasteiger partial charge in [0.05, 0.1) is 12.1 Å². The number of aryl methyl sites for hydroxylation is 1. The van der Waals surface area contributed by atoms with Crippen molar-refractivity contribution in [2.75, 3.05) is 13.1 Å². The van der Waals surface area contributed by atoms with Gasteiger partial charge in [-0.05, 0) is 41.8 Å². The Labute approximate surface area is 182 Å². The van der Waals surface area contributed by atoms with Crippen molar-refractivity contribution in [3.8, 4) is 16.9 Å². The Morgan fingerprint density at radius 3 is 2.67 bits per heavy atom. The normalized spacial score (nSPS) is 18.7. The van der Waals surface area contributed by atoms with E-state index < -0.39 is 12.3 Å². The molecule has 0 bridgehead atoms. The third-order valence-corrected chi connectivity index (χ3v) is 5.62. The fourth-order valence-electron chi connectivity index (χ4n) is 3.96. The van der Waals surface area contributed by atoms with E-state index in [0.717, 1.165) is 27.6 Å². The largest absolute Gasteiger partial charge is 0.487 e. The van der Waals surface area contributed by atoms with Crippen molar-refractivity contribution < 1.29 is 13.9 Å². The maximum atomic E-state index is 14.5. The standard InChI is InChI=1S/C24H25FN2O2.ClH/c1-3-23(28)27-14-12-22(21(25)15-27)29-19-9-6-17(7-10-19)20-11-8-18-5-4-13-26-24(18)16(20)2;/h4-11,13,21-22H,3,12,14-15H2,1-2H3;1H/t21-,22-;/m1./s1. The van der Waals surface area contributed by atoms with Gasteiger partial charge in [0.1, 0.15) is 11.9 Å². The van der Waals surface area contributed by atoms with Gasteiger partial charge in [-0.1, -0.05) is 37.3 Å². The fourth-order valence-corrected chi connectivity index (χ4v) is 3.96. The van der Waals surface area contributed by atoms with Crippen LogP contribution in [0.15, 0.2) is 54.7 Å². The summed E-state index contributed by atoms with van der Waals surface area (Å²) in [6.45, 7) is 4.53. The van der Waals surface area contributed by atoms with Crippen LogP contribution in [0.5, 0.6) is 5.75 Å². The van der Waals surface area contributed by atoms with Crippen molar-refractivity contribution in [1.29, 1.82) is 0 Å². The number of nitrogens with zero attached hydrogens (tertiary/aromatic N) is 2. The lowest BCUT2D eigenvalue weighted by Gasteiger charge is -2.34. The van der Waals surface area contributed by atoms with Crippen LogP contribution in [0.25, 0.3) is 22.0 Å². The monoisotopic (exact) mass is 428 g/mol. The van der Waals surface area contributed by atoms with Gasteiger partial charge in [-0.25, -0.2) is 4.39 Å². The molecule has 2 atom stereocenters. The van der Waals surface area contributed by atoms with E-state index in [1.54, 1.807) is 11.8 Å². The Morgan fingerprint density at radius 1 is 1.20 bits per heavy atom.